The molecule has 0 aromatic carbocycles. The van der Waals surface area contributed by atoms with Crippen LogP contribution in [0.4, 0.5) is 0 Å². The Labute approximate surface area is 114 Å². The van der Waals surface area contributed by atoms with Crippen LogP contribution in [-0.4, -0.2) is 47.3 Å². The molecule has 2 aliphatic rings. The fraction of sp³-hybridized carbons (Fsp3) is 1.00. The lowest BCUT2D eigenvalue weighted by molar-refractivity contribution is -0.0701. The van der Waals surface area contributed by atoms with E-state index in [0.717, 1.165) is 13.2 Å². The van der Waals surface area contributed by atoms with Crippen LogP contribution in [0.15, 0.2) is 0 Å². The maximum absolute atomic E-state index is 6.05. The predicted molar refractivity (Wildman–Crippen MR) is 79.2 cm³/mol. The maximum Gasteiger partial charge on any atom is 0.0795 e. The molecule has 2 nitrogen and oxygen atoms in total. The van der Waals surface area contributed by atoms with Crippen LogP contribution in [0.25, 0.3) is 0 Å². The maximum atomic E-state index is 6.05. The molecule has 2 heterocycles. The molecule has 0 radical (unpaired) electrons. The summed E-state index contributed by atoms with van der Waals surface area (Å²) in [5.74, 6) is 2.49. The number of rotatable bonds is 4. The van der Waals surface area contributed by atoms with Crippen molar-refractivity contribution in [2.45, 2.75) is 49.5 Å². The van der Waals surface area contributed by atoms with Gasteiger partial charge in [-0.25, -0.2) is 0 Å². The van der Waals surface area contributed by atoms with Gasteiger partial charge in [0.05, 0.1) is 5.60 Å². The zero-order valence-electron chi connectivity index (χ0n) is 11.3. The Kier molecular flexibility index (Phi) is 4.73. The van der Waals surface area contributed by atoms with Gasteiger partial charge in [0, 0.05) is 29.7 Å². The summed E-state index contributed by atoms with van der Waals surface area (Å²) in [6, 6.07) is 0.661. The molecule has 100 valence electrons. The summed E-state index contributed by atoms with van der Waals surface area (Å²) in [5.41, 5.74) is 0.212. The highest BCUT2D eigenvalue weighted by Crippen LogP contribution is 2.38. The van der Waals surface area contributed by atoms with E-state index in [-0.39, 0.29) is 5.60 Å². The number of thioether (sulfide) groups is 2. The Balaban J connectivity index is 1.81. The van der Waals surface area contributed by atoms with Gasteiger partial charge < -0.3 is 10.1 Å². The van der Waals surface area contributed by atoms with Crippen LogP contribution >= 0.6 is 23.5 Å². The van der Waals surface area contributed by atoms with Crippen molar-refractivity contribution in [2.75, 3.05) is 30.9 Å². The van der Waals surface area contributed by atoms with Crippen molar-refractivity contribution in [3.8, 4) is 0 Å². The van der Waals surface area contributed by atoms with E-state index in [1.165, 1.54) is 30.8 Å². The molecule has 2 rings (SSSR count). The monoisotopic (exact) mass is 275 g/mol. The van der Waals surface area contributed by atoms with E-state index in [9.17, 15) is 0 Å². The normalized spacial score (nSPS) is 34.4. The average molecular weight is 275 g/mol. The molecule has 1 N–H and O–H groups in total. The standard InChI is InChI=1S/C13H25NOS2/c1-12(2,16-3)9-14-11-4-6-15-13(8-11)5-7-17-10-13/h11,14H,4-10H2,1-3H3. The van der Waals surface area contributed by atoms with E-state index in [1.54, 1.807) is 0 Å². The lowest BCUT2D eigenvalue weighted by atomic mass is 9.89. The third-order valence-corrected chi connectivity index (χ3v) is 6.40. The fourth-order valence-electron chi connectivity index (χ4n) is 2.53. The van der Waals surface area contributed by atoms with Gasteiger partial charge in [-0.3, -0.25) is 0 Å². The van der Waals surface area contributed by atoms with E-state index in [2.05, 4.69) is 37.2 Å². The second-order valence-corrected chi connectivity index (χ2v) is 8.49. The Morgan fingerprint density at radius 2 is 2.35 bits per heavy atom. The van der Waals surface area contributed by atoms with Gasteiger partial charge in [-0.1, -0.05) is 0 Å². The molecule has 0 bridgehead atoms. The summed E-state index contributed by atoms with van der Waals surface area (Å²) < 4.78 is 6.39. The zero-order chi connectivity index (χ0) is 12.4. The summed E-state index contributed by atoms with van der Waals surface area (Å²) >= 11 is 3.99. The molecular weight excluding hydrogens is 250 g/mol. The van der Waals surface area contributed by atoms with Crippen molar-refractivity contribution in [2.24, 2.45) is 0 Å². The van der Waals surface area contributed by atoms with Gasteiger partial charge in [0.2, 0.25) is 0 Å². The second-order valence-electron chi connectivity index (χ2n) is 5.87. The second kappa shape index (κ2) is 5.72. The minimum Gasteiger partial charge on any atom is -0.374 e. The number of nitrogens with one attached hydrogen (secondary N) is 1. The van der Waals surface area contributed by atoms with Crippen molar-refractivity contribution >= 4 is 23.5 Å². The summed E-state index contributed by atoms with van der Waals surface area (Å²) in [6.07, 6.45) is 5.84. The largest absolute Gasteiger partial charge is 0.374 e. The first-order chi connectivity index (χ1) is 8.05. The highest BCUT2D eigenvalue weighted by atomic mass is 32.2. The number of hydrogen-bond acceptors (Lipinski definition) is 4. The molecule has 2 aliphatic heterocycles. The molecule has 2 unspecified atom stereocenters. The molecule has 2 fully saturated rings. The van der Waals surface area contributed by atoms with Gasteiger partial charge in [0.15, 0.2) is 0 Å². The lowest BCUT2D eigenvalue weighted by Gasteiger charge is -2.39. The molecule has 0 saturated carbocycles. The zero-order valence-corrected chi connectivity index (χ0v) is 12.9. The summed E-state index contributed by atoms with van der Waals surface area (Å²) in [5, 5.41) is 3.75. The molecule has 1 spiro atoms. The highest BCUT2D eigenvalue weighted by Gasteiger charge is 2.40. The number of hydrogen-bond donors (Lipinski definition) is 1. The van der Waals surface area contributed by atoms with Gasteiger partial charge in [-0.05, 0) is 45.1 Å². The predicted octanol–water partition coefficient (Wildman–Crippen LogP) is 2.77. The van der Waals surface area contributed by atoms with Crippen LogP contribution < -0.4 is 5.32 Å². The third kappa shape index (κ3) is 3.79. The molecule has 0 aromatic rings. The molecule has 0 amide bonds. The number of ether oxygens (including phenoxy) is 1. The SMILES string of the molecule is CSC(C)(C)CNC1CCOC2(CCSC2)C1. The average Bonchev–Trinajstić information content (AvgIpc) is 2.75. The fourth-order valence-corrected chi connectivity index (χ4v) is 4.13. The van der Waals surface area contributed by atoms with Crippen molar-refractivity contribution in [1.82, 2.24) is 5.32 Å². The van der Waals surface area contributed by atoms with Gasteiger partial charge in [-0.15, -0.1) is 0 Å². The van der Waals surface area contributed by atoms with Crippen LogP contribution in [0.3, 0.4) is 0 Å². The van der Waals surface area contributed by atoms with Crippen molar-refractivity contribution in [3.63, 3.8) is 0 Å². The first kappa shape index (κ1) is 14.0. The Hall–Kier alpha value is 0.620. The molecule has 2 saturated heterocycles. The highest BCUT2D eigenvalue weighted by molar-refractivity contribution is 8.00. The quantitative estimate of drug-likeness (QED) is 0.851. The van der Waals surface area contributed by atoms with Gasteiger partial charge in [0.1, 0.15) is 0 Å². The first-order valence-electron chi connectivity index (χ1n) is 6.56. The van der Waals surface area contributed by atoms with Crippen LogP contribution in [-0.2, 0) is 4.74 Å². The molecule has 0 aromatic heterocycles. The first-order valence-corrected chi connectivity index (χ1v) is 8.93. The Bertz CT molecular complexity index is 252. The summed E-state index contributed by atoms with van der Waals surface area (Å²) in [4.78, 5) is 0. The molecule has 17 heavy (non-hydrogen) atoms. The van der Waals surface area contributed by atoms with E-state index in [4.69, 9.17) is 4.74 Å². The van der Waals surface area contributed by atoms with Crippen LogP contribution in [0.2, 0.25) is 0 Å². The minimum absolute atomic E-state index is 0.212. The van der Waals surface area contributed by atoms with E-state index < -0.39 is 0 Å². The topological polar surface area (TPSA) is 21.3 Å². The third-order valence-electron chi connectivity index (χ3n) is 3.93. The van der Waals surface area contributed by atoms with Crippen LogP contribution in [0, 0.1) is 0 Å². The Morgan fingerprint density at radius 1 is 1.53 bits per heavy atom. The summed E-state index contributed by atoms with van der Waals surface area (Å²) in [6.45, 7) is 6.66. The minimum atomic E-state index is 0.212. The van der Waals surface area contributed by atoms with E-state index in [0.29, 0.717) is 10.8 Å². The Morgan fingerprint density at radius 3 is 3.00 bits per heavy atom. The van der Waals surface area contributed by atoms with Crippen molar-refractivity contribution in [1.29, 1.82) is 0 Å². The van der Waals surface area contributed by atoms with Crippen LogP contribution in [0.1, 0.15) is 33.1 Å². The lowest BCUT2D eigenvalue weighted by Crippen LogP contribution is -2.49. The van der Waals surface area contributed by atoms with E-state index in [1.807, 2.05) is 11.8 Å². The smallest absolute Gasteiger partial charge is 0.0795 e. The van der Waals surface area contributed by atoms with Gasteiger partial charge in [0.25, 0.3) is 0 Å². The van der Waals surface area contributed by atoms with Gasteiger partial charge in [-0.2, -0.15) is 23.5 Å². The van der Waals surface area contributed by atoms with E-state index >= 15 is 0 Å². The van der Waals surface area contributed by atoms with Gasteiger partial charge >= 0.3 is 0 Å². The molecule has 4 heteroatoms. The van der Waals surface area contributed by atoms with Crippen molar-refractivity contribution in [3.05, 3.63) is 0 Å². The molecule has 2 atom stereocenters. The molecule has 0 aliphatic carbocycles. The van der Waals surface area contributed by atoms with Crippen LogP contribution in [0.5, 0.6) is 0 Å². The van der Waals surface area contributed by atoms with Crippen molar-refractivity contribution < 1.29 is 4.74 Å². The molecular formula is C13H25NOS2. The summed E-state index contributed by atoms with van der Waals surface area (Å²) in [7, 11) is 0.